The lowest BCUT2D eigenvalue weighted by Crippen LogP contribution is -2.10. The van der Waals surface area contributed by atoms with Gasteiger partial charge >= 0.3 is 5.97 Å². The number of aromatic nitrogens is 1. The van der Waals surface area contributed by atoms with Crippen LogP contribution in [0.3, 0.4) is 0 Å². The van der Waals surface area contributed by atoms with Gasteiger partial charge in [0.2, 0.25) is 0 Å². The van der Waals surface area contributed by atoms with Gasteiger partial charge in [-0.3, -0.25) is 4.79 Å². The highest BCUT2D eigenvalue weighted by atomic mass is 16.5. The second-order valence-electron chi connectivity index (χ2n) is 6.08. The summed E-state index contributed by atoms with van der Waals surface area (Å²) >= 11 is 0. The zero-order valence-corrected chi connectivity index (χ0v) is 14.9. The first kappa shape index (κ1) is 17.7. The van der Waals surface area contributed by atoms with E-state index < -0.39 is 0 Å². The lowest BCUT2D eigenvalue weighted by molar-refractivity contribution is -0.145. The minimum atomic E-state index is -0.334. The van der Waals surface area contributed by atoms with Crippen molar-refractivity contribution >= 4 is 5.97 Å². The summed E-state index contributed by atoms with van der Waals surface area (Å²) in [5.74, 6) is 1.11. The normalized spacial score (nSPS) is 10.5. The predicted octanol–water partition coefficient (Wildman–Crippen LogP) is 4.47. The van der Waals surface area contributed by atoms with Crippen molar-refractivity contribution in [1.82, 2.24) is 5.16 Å². The molecule has 0 spiro atoms. The van der Waals surface area contributed by atoms with Gasteiger partial charge < -0.3 is 14.0 Å². The van der Waals surface area contributed by atoms with E-state index in [2.05, 4.69) is 5.16 Å². The van der Waals surface area contributed by atoms with E-state index in [1.165, 1.54) is 0 Å². The summed E-state index contributed by atoms with van der Waals surface area (Å²) < 4.78 is 16.2. The van der Waals surface area contributed by atoms with Crippen molar-refractivity contribution in [2.75, 3.05) is 6.61 Å². The molecule has 0 bridgehead atoms. The summed E-state index contributed by atoms with van der Waals surface area (Å²) in [6, 6.07) is 17.4. The highest BCUT2D eigenvalue weighted by Crippen LogP contribution is 2.21. The smallest absolute Gasteiger partial charge is 0.309 e. The van der Waals surface area contributed by atoms with Gasteiger partial charge in [0.25, 0.3) is 0 Å². The van der Waals surface area contributed by atoms with Crippen molar-refractivity contribution in [2.45, 2.75) is 26.9 Å². The molecule has 0 aliphatic heterocycles. The van der Waals surface area contributed by atoms with Crippen LogP contribution in [0.4, 0.5) is 0 Å². The van der Waals surface area contributed by atoms with E-state index in [0.29, 0.717) is 11.5 Å². The minimum Gasteiger partial charge on any atom is -0.493 e. The van der Waals surface area contributed by atoms with Gasteiger partial charge in [0.05, 0.1) is 13.0 Å². The summed E-state index contributed by atoms with van der Waals surface area (Å²) in [7, 11) is 0. The fourth-order valence-corrected chi connectivity index (χ4v) is 2.45. The van der Waals surface area contributed by atoms with Gasteiger partial charge in [-0.2, -0.15) is 0 Å². The molecule has 134 valence electrons. The molecule has 26 heavy (non-hydrogen) atoms. The van der Waals surface area contributed by atoms with Gasteiger partial charge in [-0.1, -0.05) is 47.6 Å². The zero-order valence-electron chi connectivity index (χ0n) is 14.9. The fraction of sp³-hybridized carbons (Fsp3) is 0.238. The lowest BCUT2D eigenvalue weighted by Gasteiger charge is -2.09. The Bertz CT molecular complexity index is 871. The molecule has 0 N–H and O–H groups in total. The molecule has 0 saturated carbocycles. The Morgan fingerprint density at radius 2 is 1.88 bits per heavy atom. The fourth-order valence-electron chi connectivity index (χ4n) is 2.45. The van der Waals surface area contributed by atoms with E-state index in [-0.39, 0.29) is 25.6 Å². The van der Waals surface area contributed by atoms with E-state index in [4.69, 9.17) is 14.0 Å². The summed E-state index contributed by atoms with van der Waals surface area (Å²) in [5.41, 5.74) is 3.67. The van der Waals surface area contributed by atoms with Crippen LogP contribution in [0, 0.1) is 13.8 Å². The summed E-state index contributed by atoms with van der Waals surface area (Å²) in [5, 5.41) is 3.93. The number of nitrogens with zero attached hydrogens (tertiary/aromatic N) is 1. The molecule has 2 aromatic carbocycles. The molecule has 3 aromatic rings. The number of benzene rings is 2. The van der Waals surface area contributed by atoms with Gasteiger partial charge in [-0.15, -0.1) is 0 Å². The number of rotatable bonds is 7. The average molecular weight is 351 g/mol. The number of hydrogen-bond acceptors (Lipinski definition) is 5. The van der Waals surface area contributed by atoms with Crippen LogP contribution in [-0.4, -0.2) is 17.7 Å². The van der Waals surface area contributed by atoms with Crippen LogP contribution in [-0.2, 0) is 16.1 Å². The molecule has 0 aliphatic carbocycles. The number of aryl methyl sites for hydroxylation is 2. The maximum atomic E-state index is 11.9. The molecule has 0 radical (unpaired) electrons. The Morgan fingerprint density at radius 3 is 2.69 bits per heavy atom. The third-order valence-electron chi connectivity index (χ3n) is 3.91. The van der Waals surface area contributed by atoms with Crippen molar-refractivity contribution in [3.05, 3.63) is 71.4 Å². The van der Waals surface area contributed by atoms with Crippen LogP contribution >= 0.6 is 0 Å². The van der Waals surface area contributed by atoms with Crippen molar-refractivity contribution in [3.8, 4) is 17.1 Å². The van der Waals surface area contributed by atoms with E-state index in [9.17, 15) is 4.79 Å². The molecule has 0 atom stereocenters. The summed E-state index contributed by atoms with van der Waals surface area (Å²) in [6.07, 6.45) is 0.177. The second-order valence-corrected chi connectivity index (χ2v) is 6.08. The molecular weight excluding hydrogens is 330 g/mol. The largest absolute Gasteiger partial charge is 0.493 e. The van der Waals surface area contributed by atoms with Crippen LogP contribution < -0.4 is 4.74 Å². The Kier molecular flexibility index (Phi) is 5.69. The van der Waals surface area contributed by atoms with E-state index in [1.807, 2.05) is 62.4 Å². The van der Waals surface area contributed by atoms with Crippen LogP contribution in [0.15, 0.2) is 59.1 Å². The molecule has 1 heterocycles. The van der Waals surface area contributed by atoms with Gasteiger partial charge in [0, 0.05) is 11.6 Å². The summed E-state index contributed by atoms with van der Waals surface area (Å²) in [6.45, 7) is 4.33. The highest BCUT2D eigenvalue weighted by molar-refractivity contribution is 5.69. The van der Waals surface area contributed by atoms with Crippen LogP contribution in [0.2, 0.25) is 0 Å². The first-order valence-corrected chi connectivity index (χ1v) is 8.48. The first-order chi connectivity index (χ1) is 12.6. The molecule has 0 aliphatic rings. The molecule has 0 unspecified atom stereocenters. The van der Waals surface area contributed by atoms with Crippen molar-refractivity contribution in [1.29, 1.82) is 0 Å². The Labute approximate surface area is 152 Å². The first-order valence-electron chi connectivity index (χ1n) is 8.48. The van der Waals surface area contributed by atoms with Crippen LogP contribution in [0.1, 0.15) is 23.2 Å². The Balaban J connectivity index is 1.44. The molecule has 0 saturated heterocycles. The molecule has 5 nitrogen and oxygen atoms in total. The lowest BCUT2D eigenvalue weighted by atomic mass is 10.1. The predicted molar refractivity (Wildman–Crippen MR) is 97.8 cm³/mol. The third kappa shape index (κ3) is 4.72. The van der Waals surface area contributed by atoms with Crippen LogP contribution in [0.5, 0.6) is 5.75 Å². The summed E-state index contributed by atoms with van der Waals surface area (Å²) in [4.78, 5) is 11.9. The third-order valence-corrected chi connectivity index (χ3v) is 3.91. The monoisotopic (exact) mass is 351 g/mol. The van der Waals surface area contributed by atoms with Crippen molar-refractivity contribution in [2.24, 2.45) is 0 Å². The van der Waals surface area contributed by atoms with E-state index in [0.717, 1.165) is 22.4 Å². The van der Waals surface area contributed by atoms with Crippen molar-refractivity contribution in [3.63, 3.8) is 0 Å². The highest BCUT2D eigenvalue weighted by Gasteiger charge is 2.10. The number of esters is 1. The zero-order chi connectivity index (χ0) is 18.4. The standard InChI is InChI=1S/C21H21NO4/c1-15-8-9-16(2)19(12-15)24-11-10-21(23)25-14-18-13-20(26-22-18)17-6-4-3-5-7-17/h3-9,12-13H,10-11,14H2,1-2H3. The topological polar surface area (TPSA) is 61.6 Å². The van der Waals surface area contributed by atoms with Crippen LogP contribution in [0.25, 0.3) is 11.3 Å². The van der Waals surface area contributed by atoms with E-state index >= 15 is 0 Å². The minimum absolute atomic E-state index is 0.0820. The van der Waals surface area contributed by atoms with E-state index in [1.54, 1.807) is 6.07 Å². The second kappa shape index (κ2) is 8.34. The van der Waals surface area contributed by atoms with Gasteiger partial charge in [-0.05, 0) is 31.0 Å². The molecular formula is C21H21NO4. The van der Waals surface area contributed by atoms with Gasteiger partial charge in [0.1, 0.15) is 18.1 Å². The number of carbonyl (C=O) groups is 1. The molecule has 0 amide bonds. The molecule has 5 heteroatoms. The molecule has 0 fully saturated rings. The van der Waals surface area contributed by atoms with Gasteiger partial charge in [-0.25, -0.2) is 0 Å². The quantitative estimate of drug-likeness (QED) is 0.588. The molecule has 1 aromatic heterocycles. The maximum absolute atomic E-state index is 11.9. The number of carbonyl (C=O) groups excluding carboxylic acids is 1. The Morgan fingerprint density at radius 1 is 1.08 bits per heavy atom. The average Bonchev–Trinajstić information content (AvgIpc) is 3.13. The number of ether oxygens (including phenoxy) is 2. The SMILES string of the molecule is Cc1ccc(C)c(OCCC(=O)OCc2cc(-c3ccccc3)on2)c1. The Hall–Kier alpha value is -3.08. The van der Waals surface area contributed by atoms with Gasteiger partial charge in [0.15, 0.2) is 5.76 Å². The molecule has 3 rings (SSSR count). The van der Waals surface area contributed by atoms with Crippen molar-refractivity contribution < 1.29 is 18.8 Å². The maximum Gasteiger partial charge on any atom is 0.309 e. The number of hydrogen-bond donors (Lipinski definition) is 0.